The van der Waals surface area contributed by atoms with Crippen molar-refractivity contribution in [1.82, 2.24) is 5.32 Å². The van der Waals surface area contributed by atoms with E-state index in [0.29, 0.717) is 18.0 Å². The molecule has 1 rings (SSSR count). The first-order valence-corrected chi connectivity index (χ1v) is 7.23. The Balaban J connectivity index is 2.67. The van der Waals surface area contributed by atoms with E-state index in [1.165, 1.54) is 18.2 Å². The van der Waals surface area contributed by atoms with Gasteiger partial charge in [0.15, 0.2) is 6.10 Å². The molecule has 2 N–H and O–H groups in total. The summed E-state index contributed by atoms with van der Waals surface area (Å²) >= 11 is 0. The fourth-order valence-electron chi connectivity index (χ4n) is 1.83. The number of aliphatic hydroxyl groups is 1. The normalized spacial score (nSPS) is 13.9. The van der Waals surface area contributed by atoms with Crippen LogP contribution >= 0.6 is 0 Å². The van der Waals surface area contributed by atoms with Crippen LogP contribution < -0.4 is 10.1 Å². The SMILES string of the molecule is CC(C)CCNC(=O)C(C)Oc1cc(F)ccc1C(C)O. The van der Waals surface area contributed by atoms with Gasteiger partial charge >= 0.3 is 0 Å². The number of ether oxygens (including phenoxy) is 1. The highest BCUT2D eigenvalue weighted by Gasteiger charge is 2.18. The smallest absolute Gasteiger partial charge is 0.260 e. The molecule has 0 fully saturated rings. The third-order valence-electron chi connectivity index (χ3n) is 3.12. The Morgan fingerprint density at radius 1 is 1.33 bits per heavy atom. The van der Waals surface area contributed by atoms with Gasteiger partial charge in [-0.05, 0) is 38.3 Å². The van der Waals surface area contributed by atoms with Crippen LogP contribution in [0.5, 0.6) is 5.75 Å². The number of rotatable bonds is 7. The van der Waals surface area contributed by atoms with Gasteiger partial charge in [-0.15, -0.1) is 0 Å². The Bertz CT molecular complexity index is 475. The molecule has 4 nitrogen and oxygen atoms in total. The Hall–Kier alpha value is -1.62. The molecule has 21 heavy (non-hydrogen) atoms. The van der Waals surface area contributed by atoms with Crippen molar-refractivity contribution in [2.45, 2.75) is 46.3 Å². The zero-order chi connectivity index (χ0) is 16.0. The largest absolute Gasteiger partial charge is 0.480 e. The molecule has 0 radical (unpaired) electrons. The van der Waals surface area contributed by atoms with Crippen LogP contribution in [0.4, 0.5) is 4.39 Å². The van der Waals surface area contributed by atoms with Crippen molar-refractivity contribution in [1.29, 1.82) is 0 Å². The molecule has 0 bridgehead atoms. The lowest BCUT2D eigenvalue weighted by atomic mass is 10.1. The highest BCUT2D eigenvalue weighted by molar-refractivity contribution is 5.80. The summed E-state index contributed by atoms with van der Waals surface area (Å²) in [6.45, 7) is 7.90. The minimum atomic E-state index is -0.795. The van der Waals surface area contributed by atoms with Gasteiger partial charge in [0, 0.05) is 18.2 Å². The van der Waals surface area contributed by atoms with Crippen LogP contribution in [0.2, 0.25) is 0 Å². The van der Waals surface area contributed by atoms with Crippen LogP contribution in [0.25, 0.3) is 0 Å². The molecule has 5 heteroatoms. The topological polar surface area (TPSA) is 58.6 Å². The number of hydrogen-bond donors (Lipinski definition) is 2. The van der Waals surface area contributed by atoms with Crippen LogP contribution in [0.15, 0.2) is 18.2 Å². The highest BCUT2D eigenvalue weighted by Crippen LogP contribution is 2.26. The van der Waals surface area contributed by atoms with E-state index in [-0.39, 0.29) is 11.7 Å². The average molecular weight is 297 g/mol. The van der Waals surface area contributed by atoms with Crippen LogP contribution in [0, 0.1) is 11.7 Å². The van der Waals surface area contributed by atoms with E-state index in [1.54, 1.807) is 13.8 Å². The van der Waals surface area contributed by atoms with Gasteiger partial charge in [-0.1, -0.05) is 13.8 Å². The maximum absolute atomic E-state index is 13.3. The first-order valence-electron chi connectivity index (χ1n) is 7.23. The summed E-state index contributed by atoms with van der Waals surface area (Å²) in [5.41, 5.74) is 0.457. The van der Waals surface area contributed by atoms with Gasteiger partial charge in [0.1, 0.15) is 11.6 Å². The first kappa shape index (κ1) is 17.4. The molecule has 0 heterocycles. The second-order valence-electron chi connectivity index (χ2n) is 5.59. The Labute approximate surface area is 125 Å². The van der Waals surface area contributed by atoms with Gasteiger partial charge in [-0.25, -0.2) is 4.39 Å². The van der Waals surface area contributed by atoms with Gasteiger partial charge in [-0.2, -0.15) is 0 Å². The Morgan fingerprint density at radius 2 is 2.00 bits per heavy atom. The average Bonchev–Trinajstić information content (AvgIpc) is 2.37. The summed E-state index contributed by atoms with van der Waals surface area (Å²) in [5, 5.41) is 12.4. The maximum atomic E-state index is 13.3. The molecular weight excluding hydrogens is 273 g/mol. The molecule has 0 spiro atoms. The van der Waals surface area contributed by atoms with E-state index in [1.807, 2.05) is 0 Å². The second kappa shape index (κ2) is 7.98. The molecule has 1 aromatic carbocycles. The molecule has 0 aliphatic heterocycles. The standard InChI is InChI=1S/C16H24FNO3/c1-10(2)7-8-18-16(20)12(4)21-15-9-13(17)5-6-14(15)11(3)19/h5-6,9-12,19H,7-8H2,1-4H3,(H,18,20). The molecule has 2 atom stereocenters. The van der Waals surface area contributed by atoms with Gasteiger partial charge in [0.25, 0.3) is 5.91 Å². The molecule has 1 amide bonds. The van der Waals surface area contributed by atoms with Crippen molar-refractivity contribution in [3.05, 3.63) is 29.6 Å². The van der Waals surface area contributed by atoms with Gasteiger partial charge in [0.2, 0.25) is 0 Å². The van der Waals surface area contributed by atoms with E-state index >= 15 is 0 Å². The number of aliphatic hydroxyl groups excluding tert-OH is 1. The van der Waals surface area contributed by atoms with Crippen molar-refractivity contribution >= 4 is 5.91 Å². The minimum absolute atomic E-state index is 0.191. The summed E-state index contributed by atoms with van der Waals surface area (Å²) in [4.78, 5) is 11.9. The van der Waals surface area contributed by atoms with Crippen molar-refractivity contribution in [3.8, 4) is 5.75 Å². The zero-order valence-electron chi connectivity index (χ0n) is 13.0. The first-order chi connectivity index (χ1) is 9.81. The second-order valence-corrected chi connectivity index (χ2v) is 5.59. The molecule has 0 aliphatic rings. The molecule has 0 aliphatic carbocycles. The third kappa shape index (κ3) is 5.71. The highest BCUT2D eigenvalue weighted by atomic mass is 19.1. The predicted octanol–water partition coefficient (Wildman–Crippen LogP) is 2.81. The van der Waals surface area contributed by atoms with Crippen LogP contribution in [-0.4, -0.2) is 23.7 Å². The van der Waals surface area contributed by atoms with Gasteiger partial charge in [0.05, 0.1) is 6.10 Å². The summed E-state index contributed by atoms with van der Waals surface area (Å²) in [6.07, 6.45) is -0.662. The number of nitrogens with one attached hydrogen (secondary N) is 1. The Kier molecular flexibility index (Phi) is 6.62. The van der Waals surface area contributed by atoms with Crippen molar-refractivity contribution in [3.63, 3.8) is 0 Å². The molecule has 0 aromatic heterocycles. The lowest BCUT2D eigenvalue weighted by Crippen LogP contribution is -2.37. The summed E-state index contributed by atoms with van der Waals surface area (Å²) in [5.74, 6) is -0.0265. The number of amides is 1. The molecular formula is C16H24FNO3. The minimum Gasteiger partial charge on any atom is -0.480 e. The quantitative estimate of drug-likeness (QED) is 0.813. The van der Waals surface area contributed by atoms with Crippen molar-refractivity contribution < 1.29 is 19.0 Å². The number of carbonyl (C=O) groups is 1. The van der Waals surface area contributed by atoms with Crippen molar-refractivity contribution in [2.24, 2.45) is 5.92 Å². The molecule has 0 saturated heterocycles. The van der Waals surface area contributed by atoms with E-state index in [4.69, 9.17) is 4.74 Å². The molecule has 0 saturated carbocycles. The fourth-order valence-corrected chi connectivity index (χ4v) is 1.83. The number of halogens is 1. The Morgan fingerprint density at radius 3 is 2.57 bits per heavy atom. The number of benzene rings is 1. The summed E-state index contributed by atoms with van der Waals surface area (Å²) in [6, 6.07) is 3.89. The van der Waals surface area contributed by atoms with E-state index in [0.717, 1.165) is 6.42 Å². The monoisotopic (exact) mass is 297 g/mol. The maximum Gasteiger partial charge on any atom is 0.260 e. The third-order valence-corrected chi connectivity index (χ3v) is 3.12. The van der Waals surface area contributed by atoms with E-state index in [2.05, 4.69) is 19.2 Å². The van der Waals surface area contributed by atoms with Crippen LogP contribution in [-0.2, 0) is 4.79 Å². The zero-order valence-corrected chi connectivity index (χ0v) is 13.0. The number of hydrogen-bond acceptors (Lipinski definition) is 3. The molecule has 1 aromatic rings. The van der Waals surface area contributed by atoms with Crippen LogP contribution in [0.3, 0.4) is 0 Å². The molecule has 2 unspecified atom stereocenters. The summed E-state index contributed by atoms with van der Waals surface area (Å²) in [7, 11) is 0. The lowest BCUT2D eigenvalue weighted by molar-refractivity contribution is -0.127. The predicted molar refractivity (Wildman–Crippen MR) is 79.6 cm³/mol. The fraction of sp³-hybridized carbons (Fsp3) is 0.562. The van der Waals surface area contributed by atoms with E-state index < -0.39 is 18.0 Å². The lowest BCUT2D eigenvalue weighted by Gasteiger charge is -2.18. The molecule has 118 valence electrons. The van der Waals surface area contributed by atoms with E-state index in [9.17, 15) is 14.3 Å². The summed E-state index contributed by atoms with van der Waals surface area (Å²) < 4.78 is 18.8. The number of carbonyl (C=O) groups excluding carboxylic acids is 1. The van der Waals surface area contributed by atoms with Gasteiger partial charge in [-0.3, -0.25) is 4.79 Å². The van der Waals surface area contributed by atoms with Crippen molar-refractivity contribution in [2.75, 3.05) is 6.54 Å². The van der Waals surface area contributed by atoms with Gasteiger partial charge < -0.3 is 15.2 Å². The van der Waals surface area contributed by atoms with Crippen LogP contribution in [0.1, 0.15) is 45.8 Å².